The second-order valence-electron chi connectivity index (χ2n) is 9.34. The van der Waals surface area contributed by atoms with Crippen LogP contribution in [0.2, 0.25) is 0 Å². The summed E-state index contributed by atoms with van der Waals surface area (Å²) in [5.41, 5.74) is -3.41. The molecule has 1 aromatic rings. The molecular weight excluding hydrogens is 476 g/mol. The van der Waals surface area contributed by atoms with Crippen molar-refractivity contribution >= 4 is 40.2 Å². The van der Waals surface area contributed by atoms with Gasteiger partial charge < -0.3 is 19.4 Å². The Balaban J connectivity index is 2.24. The highest BCUT2D eigenvalue weighted by Gasteiger charge is 2.52. The van der Waals surface area contributed by atoms with Gasteiger partial charge in [-0.2, -0.15) is 0 Å². The summed E-state index contributed by atoms with van der Waals surface area (Å²) in [7, 11) is 0. The van der Waals surface area contributed by atoms with Gasteiger partial charge in [0.05, 0.1) is 6.61 Å². The van der Waals surface area contributed by atoms with Crippen molar-refractivity contribution in [2.75, 3.05) is 11.9 Å². The Morgan fingerprint density at radius 2 is 1.85 bits per heavy atom. The van der Waals surface area contributed by atoms with E-state index in [9.17, 15) is 28.3 Å². The first kappa shape index (κ1) is 27.4. The molecule has 0 atom stereocenters. The van der Waals surface area contributed by atoms with E-state index in [0.717, 1.165) is 11.3 Å². The molecule has 2 N–H and O–H groups in total. The maximum atomic E-state index is 13.7. The van der Waals surface area contributed by atoms with E-state index in [1.54, 1.807) is 20.8 Å². The van der Waals surface area contributed by atoms with Gasteiger partial charge in [-0.05, 0) is 26.7 Å². The van der Waals surface area contributed by atoms with Gasteiger partial charge in [-0.25, -0.2) is 28.1 Å². The Morgan fingerprint density at radius 3 is 2.38 bits per heavy atom. The van der Waals surface area contributed by atoms with Gasteiger partial charge in [0.2, 0.25) is 17.2 Å². The van der Waals surface area contributed by atoms with Crippen molar-refractivity contribution in [3.63, 3.8) is 0 Å². The molecule has 1 aliphatic rings. The van der Waals surface area contributed by atoms with Crippen molar-refractivity contribution in [1.29, 1.82) is 0 Å². The van der Waals surface area contributed by atoms with Crippen LogP contribution in [0.4, 0.5) is 18.7 Å². The number of aromatic nitrogens is 1. The molecule has 10 nitrogen and oxygen atoms in total. The summed E-state index contributed by atoms with van der Waals surface area (Å²) in [4.78, 5) is 45.7. The first-order valence-electron chi connectivity index (χ1n) is 10.6. The van der Waals surface area contributed by atoms with Crippen LogP contribution in [0.5, 0.6) is 0 Å². The fraction of sp³-hybridized carbons (Fsp3) is 0.667. The van der Waals surface area contributed by atoms with Crippen LogP contribution in [-0.2, 0) is 23.9 Å². The van der Waals surface area contributed by atoms with Crippen LogP contribution < -0.4 is 5.32 Å². The molecule has 0 bridgehead atoms. The van der Waals surface area contributed by atoms with Gasteiger partial charge in [0.25, 0.3) is 0 Å². The number of hydrogen-bond donors (Lipinski definition) is 2. The van der Waals surface area contributed by atoms with Crippen LogP contribution in [0, 0.1) is 5.92 Å². The van der Waals surface area contributed by atoms with Crippen LogP contribution >= 0.6 is 11.3 Å². The number of carbonyl (C=O) groups excluding carboxylic acids is 2. The molecule has 190 valence electrons. The van der Waals surface area contributed by atoms with Crippen molar-refractivity contribution in [3.05, 3.63) is 11.1 Å². The first-order valence-corrected chi connectivity index (χ1v) is 11.5. The van der Waals surface area contributed by atoms with E-state index in [1.165, 1.54) is 5.38 Å². The first-order chi connectivity index (χ1) is 15.6. The molecule has 1 heterocycles. The molecule has 13 heteroatoms. The largest absolute Gasteiger partial charge is 0.476 e. The normalized spacial score (nSPS) is 17.7. The fourth-order valence-corrected chi connectivity index (χ4v) is 3.57. The second-order valence-corrected chi connectivity index (χ2v) is 10.2. The van der Waals surface area contributed by atoms with E-state index in [2.05, 4.69) is 15.5 Å². The second kappa shape index (κ2) is 10.6. The van der Waals surface area contributed by atoms with Crippen LogP contribution in [0.25, 0.3) is 0 Å². The summed E-state index contributed by atoms with van der Waals surface area (Å²) in [6.07, 6.45) is -2.84. The highest BCUT2D eigenvalue weighted by atomic mass is 32.1. The Hall–Kier alpha value is -2.83. The maximum absolute atomic E-state index is 13.7. The minimum Gasteiger partial charge on any atom is -0.476 e. The van der Waals surface area contributed by atoms with E-state index in [-0.39, 0.29) is 23.4 Å². The van der Waals surface area contributed by atoms with E-state index < -0.39 is 66.6 Å². The number of halogens is 2. The molecule has 2 rings (SSSR count). The lowest BCUT2D eigenvalue weighted by atomic mass is 9.82. The number of aliphatic carboxylic acids is 1. The Morgan fingerprint density at radius 1 is 1.24 bits per heavy atom. The number of rotatable bonds is 8. The monoisotopic (exact) mass is 505 g/mol. The molecule has 0 aliphatic heterocycles. The fourth-order valence-electron chi connectivity index (χ4n) is 2.89. The zero-order chi connectivity index (χ0) is 25.7. The standard InChI is InChI=1S/C21H29F2N3O7S/c1-12(2)10-31-16(29)20(6-8-21(22,23)9-7-20)33-26-14(15(27)28)13-11-34-17(24-13)25-18(30)32-19(3,4)5/h11-12H,6-10H2,1-5H3,(H,27,28)(H,24,25,30)/b26-14-. The third kappa shape index (κ3) is 7.89. The van der Waals surface area contributed by atoms with E-state index in [1.807, 2.05) is 13.8 Å². The van der Waals surface area contributed by atoms with Crippen LogP contribution in [0.3, 0.4) is 0 Å². The van der Waals surface area contributed by atoms with Crippen LogP contribution in [-0.4, -0.2) is 57.6 Å². The average Bonchev–Trinajstić information content (AvgIpc) is 3.13. The number of ether oxygens (including phenoxy) is 2. The smallest absolute Gasteiger partial charge is 0.413 e. The molecule has 0 aromatic carbocycles. The summed E-state index contributed by atoms with van der Waals surface area (Å²) in [5, 5.41) is 16.9. The molecule has 0 spiro atoms. The number of oxime groups is 1. The van der Waals surface area contributed by atoms with E-state index >= 15 is 0 Å². The highest BCUT2D eigenvalue weighted by molar-refractivity contribution is 7.14. The number of thiazole rings is 1. The van der Waals surface area contributed by atoms with Crippen molar-refractivity contribution in [2.24, 2.45) is 11.1 Å². The maximum Gasteiger partial charge on any atom is 0.413 e. The lowest BCUT2D eigenvalue weighted by Gasteiger charge is -2.35. The van der Waals surface area contributed by atoms with Gasteiger partial charge in [-0.15, -0.1) is 11.3 Å². The number of anilines is 1. The molecule has 1 aromatic heterocycles. The molecule has 0 unspecified atom stereocenters. The Bertz CT molecular complexity index is 931. The van der Waals surface area contributed by atoms with Gasteiger partial charge >= 0.3 is 18.0 Å². The zero-order valence-electron chi connectivity index (χ0n) is 19.6. The minimum absolute atomic E-state index is 0.00462. The van der Waals surface area contributed by atoms with Gasteiger partial charge in [-0.3, -0.25) is 5.32 Å². The van der Waals surface area contributed by atoms with Crippen molar-refractivity contribution < 1.29 is 42.6 Å². The summed E-state index contributed by atoms with van der Waals surface area (Å²) >= 11 is 0.914. The quantitative estimate of drug-likeness (QED) is 0.301. The summed E-state index contributed by atoms with van der Waals surface area (Å²) < 4.78 is 37.8. The third-order valence-electron chi connectivity index (χ3n) is 4.58. The van der Waals surface area contributed by atoms with E-state index in [4.69, 9.17) is 14.3 Å². The van der Waals surface area contributed by atoms with Gasteiger partial charge in [0.15, 0.2) is 5.13 Å². The number of alkyl halides is 2. The molecule has 1 amide bonds. The Kier molecular flexibility index (Phi) is 8.56. The molecule has 1 aliphatic carbocycles. The van der Waals surface area contributed by atoms with Crippen molar-refractivity contribution in [1.82, 2.24) is 4.98 Å². The Labute approximate surface area is 199 Å². The lowest BCUT2D eigenvalue weighted by Crippen LogP contribution is -2.48. The minimum atomic E-state index is -2.97. The van der Waals surface area contributed by atoms with Crippen molar-refractivity contribution in [3.8, 4) is 0 Å². The van der Waals surface area contributed by atoms with Crippen LogP contribution in [0.15, 0.2) is 10.5 Å². The predicted octanol–water partition coefficient (Wildman–Crippen LogP) is 4.44. The molecular formula is C21H29F2N3O7S. The molecule has 0 saturated heterocycles. The molecule has 1 fully saturated rings. The highest BCUT2D eigenvalue weighted by Crippen LogP contribution is 2.41. The number of carboxylic acid groups (broad SMARTS) is 1. The summed E-state index contributed by atoms with van der Waals surface area (Å²) in [5.74, 6) is -5.38. The molecule has 34 heavy (non-hydrogen) atoms. The number of nitrogens with zero attached hydrogens (tertiary/aromatic N) is 2. The molecule has 0 radical (unpaired) electrons. The third-order valence-corrected chi connectivity index (χ3v) is 5.34. The van der Waals surface area contributed by atoms with E-state index in [0.29, 0.717) is 0 Å². The zero-order valence-corrected chi connectivity index (χ0v) is 20.5. The molecule has 1 saturated carbocycles. The number of amides is 1. The van der Waals surface area contributed by atoms with Gasteiger partial charge in [0.1, 0.15) is 11.3 Å². The summed E-state index contributed by atoms with van der Waals surface area (Å²) in [6.45, 7) is 8.69. The average molecular weight is 506 g/mol. The topological polar surface area (TPSA) is 136 Å². The number of carboxylic acids is 1. The number of esters is 1. The number of carbonyl (C=O) groups is 3. The SMILES string of the molecule is CC(C)COC(=O)C1(O/N=C(\C(=O)O)c2csc(NC(=O)OC(C)(C)C)n2)CCC(F)(F)CC1. The van der Waals surface area contributed by atoms with Gasteiger partial charge in [-0.1, -0.05) is 19.0 Å². The van der Waals surface area contributed by atoms with Gasteiger partial charge in [0, 0.05) is 31.1 Å². The summed E-state index contributed by atoms with van der Waals surface area (Å²) in [6, 6.07) is 0. The van der Waals surface area contributed by atoms with Crippen LogP contribution in [0.1, 0.15) is 66.0 Å². The predicted molar refractivity (Wildman–Crippen MR) is 119 cm³/mol. The lowest BCUT2D eigenvalue weighted by molar-refractivity contribution is -0.189. The number of nitrogens with one attached hydrogen (secondary N) is 1. The van der Waals surface area contributed by atoms with Crippen molar-refractivity contribution in [2.45, 2.75) is 77.4 Å². The number of hydrogen-bond acceptors (Lipinski definition) is 9.